The van der Waals surface area contributed by atoms with Crippen molar-refractivity contribution in [2.75, 3.05) is 7.11 Å². The van der Waals surface area contributed by atoms with E-state index in [0.29, 0.717) is 12.5 Å². The third-order valence-electron chi connectivity index (χ3n) is 5.63. The van der Waals surface area contributed by atoms with Gasteiger partial charge in [0.15, 0.2) is 0 Å². The van der Waals surface area contributed by atoms with Crippen LogP contribution in [0.3, 0.4) is 0 Å². The Morgan fingerprint density at radius 2 is 1.04 bits per heavy atom. The summed E-state index contributed by atoms with van der Waals surface area (Å²) < 4.78 is 5.66. The molecule has 3 heteroatoms. The smallest absolute Gasteiger partial charge is 0.303 e. The fourth-order valence-corrected chi connectivity index (χ4v) is 3.77. The van der Waals surface area contributed by atoms with Gasteiger partial charge in [0.2, 0.25) is 0 Å². The molecule has 1 N–H and O–H groups in total. The van der Waals surface area contributed by atoms with Gasteiger partial charge >= 0.3 is 5.97 Å². The molecule has 0 heterocycles. The first-order chi connectivity index (χ1) is 13.2. The molecule has 0 aliphatic carbocycles. The number of aliphatic carboxylic acids is 1. The van der Waals surface area contributed by atoms with Crippen LogP contribution in [0.5, 0.6) is 0 Å². The predicted octanol–water partition coefficient (Wildman–Crippen LogP) is 7.91. The summed E-state index contributed by atoms with van der Waals surface area (Å²) in [5.74, 6) is -0.658. The van der Waals surface area contributed by atoms with Gasteiger partial charge in [-0.05, 0) is 19.3 Å². The van der Waals surface area contributed by atoms with Crippen LogP contribution in [0, 0.1) is 0 Å². The second-order valence-corrected chi connectivity index (χ2v) is 8.24. The summed E-state index contributed by atoms with van der Waals surface area (Å²) in [5.41, 5.74) is 0. The van der Waals surface area contributed by atoms with Gasteiger partial charge in [-0.3, -0.25) is 4.79 Å². The Morgan fingerprint density at radius 3 is 1.41 bits per heavy atom. The monoisotopic (exact) mass is 384 g/mol. The van der Waals surface area contributed by atoms with Gasteiger partial charge in [0, 0.05) is 13.5 Å². The zero-order chi connectivity index (χ0) is 20.0. The Labute approximate surface area is 169 Å². The fourth-order valence-electron chi connectivity index (χ4n) is 3.77. The van der Waals surface area contributed by atoms with Crippen molar-refractivity contribution in [2.24, 2.45) is 0 Å². The maximum absolute atomic E-state index is 10.4. The normalized spacial score (nSPS) is 12.4. The van der Waals surface area contributed by atoms with E-state index in [2.05, 4.69) is 6.92 Å². The van der Waals surface area contributed by atoms with Crippen molar-refractivity contribution < 1.29 is 14.6 Å². The van der Waals surface area contributed by atoms with Crippen molar-refractivity contribution in [3.05, 3.63) is 0 Å². The fraction of sp³-hybridized carbons (Fsp3) is 0.958. The topological polar surface area (TPSA) is 46.5 Å². The van der Waals surface area contributed by atoms with E-state index in [0.717, 1.165) is 12.8 Å². The van der Waals surface area contributed by atoms with E-state index in [-0.39, 0.29) is 0 Å². The molecule has 0 aromatic carbocycles. The lowest BCUT2D eigenvalue weighted by molar-refractivity contribution is -0.137. The number of carbonyl (C=O) groups is 1. The van der Waals surface area contributed by atoms with Crippen LogP contribution in [0.25, 0.3) is 0 Å². The van der Waals surface area contributed by atoms with E-state index in [1.807, 2.05) is 7.11 Å². The highest BCUT2D eigenvalue weighted by Gasteiger charge is 2.06. The molecule has 0 aromatic rings. The van der Waals surface area contributed by atoms with Crippen molar-refractivity contribution >= 4 is 5.97 Å². The highest BCUT2D eigenvalue weighted by molar-refractivity contribution is 5.66. The Balaban J connectivity index is 3.26. The average molecular weight is 385 g/mol. The van der Waals surface area contributed by atoms with Crippen LogP contribution in [-0.2, 0) is 9.53 Å². The molecule has 0 aliphatic rings. The van der Waals surface area contributed by atoms with Crippen molar-refractivity contribution in [1.82, 2.24) is 0 Å². The van der Waals surface area contributed by atoms with E-state index < -0.39 is 5.97 Å². The first kappa shape index (κ1) is 26.4. The lowest BCUT2D eigenvalue weighted by Gasteiger charge is -2.15. The minimum absolute atomic E-state index is 0.336. The largest absolute Gasteiger partial charge is 0.481 e. The summed E-state index contributed by atoms with van der Waals surface area (Å²) in [4.78, 5) is 10.4. The molecule has 0 saturated carbocycles. The molecule has 1 atom stereocenters. The van der Waals surface area contributed by atoms with Gasteiger partial charge in [0.05, 0.1) is 6.10 Å². The highest BCUT2D eigenvalue weighted by atomic mass is 16.5. The van der Waals surface area contributed by atoms with Crippen molar-refractivity contribution in [1.29, 1.82) is 0 Å². The van der Waals surface area contributed by atoms with Crippen molar-refractivity contribution in [2.45, 2.75) is 141 Å². The Hall–Kier alpha value is -0.570. The van der Waals surface area contributed by atoms with E-state index >= 15 is 0 Å². The van der Waals surface area contributed by atoms with Crippen molar-refractivity contribution in [3.63, 3.8) is 0 Å². The number of ether oxygens (including phenoxy) is 1. The number of carboxylic acids is 1. The number of hydrogen-bond acceptors (Lipinski definition) is 2. The SMILES string of the molecule is CCCCCCCCC(CCCCCCCCCCCCCC(=O)O)OC. The number of hydrogen-bond donors (Lipinski definition) is 1. The molecule has 0 fully saturated rings. The summed E-state index contributed by atoms with van der Waals surface area (Å²) in [6, 6.07) is 0. The Kier molecular flexibility index (Phi) is 21.3. The quantitative estimate of drug-likeness (QED) is 0.193. The molecule has 0 spiro atoms. The van der Waals surface area contributed by atoms with Crippen LogP contribution in [-0.4, -0.2) is 24.3 Å². The van der Waals surface area contributed by atoms with Gasteiger partial charge in [-0.1, -0.05) is 110 Å². The van der Waals surface area contributed by atoms with E-state index in [4.69, 9.17) is 9.84 Å². The summed E-state index contributed by atoms with van der Waals surface area (Å²) in [5, 5.41) is 8.59. The van der Waals surface area contributed by atoms with Crippen LogP contribution in [0.1, 0.15) is 135 Å². The molecule has 0 aromatic heterocycles. The third kappa shape index (κ3) is 21.6. The van der Waals surface area contributed by atoms with Gasteiger partial charge in [-0.15, -0.1) is 0 Å². The number of rotatable bonds is 22. The molecule has 0 aliphatic heterocycles. The van der Waals surface area contributed by atoms with E-state index in [1.165, 1.54) is 109 Å². The lowest BCUT2D eigenvalue weighted by Crippen LogP contribution is -2.10. The lowest BCUT2D eigenvalue weighted by atomic mass is 10.0. The molecule has 0 rings (SSSR count). The Bertz CT molecular complexity index is 304. The molecule has 1 unspecified atom stereocenters. The minimum atomic E-state index is -0.658. The molecule has 0 radical (unpaired) electrons. The average Bonchev–Trinajstić information content (AvgIpc) is 2.66. The van der Waals surface area contributed by atoms with Crippen LogP contribution >= 0.6 is 0 Å². The van der Waals surface area contributed by atoms with Crippen molar-refractivity contribution in [3.8, 4) is 0 Å². The molecule has 27 heavy (non-hydrogen) atoms. The predicted molar refractivity (Wildman–Crippen MR) is 116 cm³/mol. The molecular weight excluding hydrogens is 336 g/mol. The summed E-state index contributed by atoms with van der Waals surface area (Å²) >= 11 is 0. The first-order valence-electron chi connectivity index (χ1n) is 11.9. The van der Waals surface area contributed by atoms with Gasteiger partial charge in [-0.25, -0.2) is 0 Å². The molecular formula is C24H48O3. The maximum Gasteiger partial charge on any atom is 0.303 e. The van der Waals surface area contributed by atoms with Crippen LogP contribution < -0.4 is 0 Å². The van der Waals surface area contributed by atoms with Gasteiger partial charge < -0.3 is 9.84 Å². The maximum atomic E-state index is 10.4. The third-order valence-corrected chi connectivity index (χ3v) is 5.63. The molecule has 162 valence electrons. The van der Waals surface area contributed by atoms with Gasteiger partial charge in [-0.2, -0.15) is 0 Å². The van der Waals surface area contributed by atoms with Gasteiger partial charge in [0.25, 0.3) is 0 Å². The molecule has 0 saturated heterocycles. The standard InChI is InChI=1S/C24H48O3/c1-3-4-5-6-14-17-20-23(27-2)21-18-15-12-10-8-7-9-11-13-16-19-22-24(25)26/h23H,3-22H2,1-2H3,(H,25,26). The van der Waals surface area contributed by atoms with Crippen LogP contribution in [0.2, 0.25) is 0 Å². The number of carboxylic acid groups (broad SMARTS) is 1. The zero-order valence-electron chi connectivity index (χ0n) is 18.5. The van der Waals surface area contributed by atoms with Gasteiger partial charge in [0.1, 0.15) is 0 Å². The van der Waals surface area contributed by atoms with E-state index in [1.54, 1.807) is 0 Å². The molecule has 0 amide bonds. The second kappa shape index (κ2) is 21.7. The Morgan fingerprint density at radius 1 is 0.667 bits per heavy atom. The first-order valence-corrected chi connectivity index (χ1v) is 11.9. The summed E-state index contributed by atoms with van der Waals surface area (Å²) in [6.07, 6.45) is 25.3. The van der Waals surface area contributed by atoms with Crippen LogP contribution in [0.4, 0.5) is 0 Å². The molecule has 0 bridgehead atoms. The van der Waals surface area contributed by atoms with E-state index in [9.17, 15) is 4.79 Å². The number of unbranched alkanes of at least 4 members (excludes halogenated alkanes) is 15. The second-order valence-electron chi connectivity index (χ2n) is 8.24. The van der Waals surface area contributed by atoms with Crippen LogP contribution in [0.15, 0.2) is 0 Å². The highest BCUT2D eigenvalue weighted by Crippen LogP contribution is 2.17. The number of methoxy groups -OCH3 is 1. The summed E-state index contributed by atoms with van der Waals surface area (Å²) in [6.45, 7) is 2.27. The molecule has 3 nitrogen and oxygen atoms in total. The minimum Gasteiger partial charge on any atom is -0.481 e. The zero-order valence-corrected chi connectivity index (χ0v) is 18.5. The summed E-state index contributed by atoms with van der Waals surface area (Å²) in [7, 11) is 1.88.